The Labute approximate surface area is 200 Å². The van der Waals surface area contributed by atoms with E-state index >= 15 is 0 Å². The van der Waals surface area contributed by atoms with Gasteiger partial charge in [-0.1, -0.05) is 24.8 Å². The van der Waals surface area contributed by atoms with Gasteiger partial charge in [-0.05, 0) is 69.9 Å². The first-order chi connectivity index (χ1) is 16.2. The van der Waals surface area contributed by atoms with Crippen molar-refractivity contribution in [1.29, 1.82) is 0 Å². The Kier molecular flexibility index (Phi) is 8.12. The molecule has 0 radical (unpaired) electrons. The smallest absolute Gasteiger partial charge is 0.295 e. The third kappa shape index (κ3) is 5.66. The minimum Gasteiger partial charge on any atom is -0.507 e. The van der Waals surface area contributed by atoms with Crippen molar-refractivity contribution < 1.29 is 24.2 Å². The van der Waals surface area contributed by atoms with E-state index in [0.29, 0.717) is 42.3 Å². The average molecular weight is 465 g/mol. The first kappa shape index (κ1) is 25.1. The summed E-state index contributed by atoms with van der Waals surface area (Å²) in [7, 11) is 3.80. The van der Waals surface area contributed by atoms with Gasteiger partial charge in [0.25, 0.3) is 11.7 Å². The number of likely N-dealkylation sites (tertiary alicyclic amines) is 1. The van der Waals surface area contributed by atoms with E-state index in [4.69, 9.17) is 9.47 Å². The fraction of sp³-hybridized carbons (Fsp3) is 0.333. The molecule has 1 fully saturated rings. The molecule has 1 saturated heterocycles. The van der Waals surface area contributed by atoms with Gasteiger partial charge in [0.05, 0.1) is 17.7 Å². The number of aliphatic hydroxyl groups is 1. The second-order valence-corrected chi connectivity index (χ2v) is 8.66. The van der Waals surface area contributed by atoms with Crippen LogP contribution in [0.4, 0.5) is 0 Å². The lowest BCUT2D eigenvalue weighted by Crippen LogP contribution is -2.35. The predicted octanol–water partition coefficient (Wildman–Crippen LogP) is 4.02. The summed E-state index contributed by atoms with van der Waals surface area (Å²) in [5.41, 5.74) is 1.17. The van der Waals surface area contributed by atoms with Crippen LogP contribution in [0, 0.1) is 0 Å². The highest BCUT2D eigenvalue weighted by Crippen LogP contribution is 2.40. The van der Waals surface area contributed by atoms with Crippen LogP contribution in [0.1, 0.15) is 31.0 Å². The van der Waals surface area contributed by atoms with Gasteiger partial charge in [-0.15, -0.1) is 0 Å². The van der Waals surface area contributed by atoms with Gasteiger partial charge >= 0.3 is 0 Å². The standard InChI is InChI=1S/C27H32N2O5/c1-6-16-33-22-9-7-8-20(17-22)24-23(26(31)27(32)29(24)15-14-28(4)5)25(30)19-10-12-21(13-11-19)34-18(2)3/h6-13,17-18,24,30H,1,14-16H2,2-5H3/t24-/m0/s1. The van der Waals surface area contributed by atoms with Gasteiger partial charge in [0.2, 0.25) is 0 Å². The first-order valence-electron chi connectivity index (χ1n) is 11.3. The Morgan fingerprint density at radius 1 is 1.15 bits per heavy atom. The number of ketones is 1. The normalized spacial score (nSPS) is 17.5. The molecule has 7 heteroatoms. The number of amides is 1. The van der Waals surface area contributed by atoms with Crippen molar-refractivity contribution >= 4 is 17.4 Å². The van der Waals surface area contributed by atoms with Gasteiger partial charge in [0.1, 0.15) is 23.9 Å². The topological polar surface area (TPSA) is 79.3 Å². The van der Waals surface area contributed by atoms with Gasteiger partial charge in [-0.3, -0.25) is 9.59 Å². The zero-order chi connectivity index (χ0) is 24.8. The van der Waals surface area contributed by atoms with Crippen LogP contribution in [0.2, 0.25) is 0 Å². The lowest BCUT2D eigenvalue weighted by Gasteiger charge is -2.27. The summed E-state index contributed by atoms with van der Waals surface area (Å²) < 4.78 is 11.3. The Bertz CT molecular complexity index is 1070. The summed E-state index contributed by atoms with van der Waals surface area (Å²) in [5.74, 6) is -0.316. The van der Waals surface area contributed by atoms with Crippen LogP contribution in [0.5, 0.6) is 11.5 Å². The van der Waals surface area contributed by atoms with Gasteiger partial charge in [0.15, 0.2) is 0 Å². The highest BCUT2D eigenvalue weighted by atomic mass is 16.5. The van der Waals surface area contributed by atoms with E-state index in [0.717, 1.165) is 0 Å². The molecule has 0 spiro atoms. The minimum absolute atomic E-state index is 0.0112. The highest BCUT2D eigenvalue weighted by Gasteiger charge is 2.46. The number of nitrogens with zero attached hydrogens (tertiary/aromatic N) is 2. The van der Waals surface area contributed by atoms with Crippen molar-refractivity contribution in [2.24, 2.45) is 0 Å². The third-order valence-electron chi connectivity index (χ3n) is 5.37. The average Bonchev–Trinajstić information content (AvgIpc) is 3.06. The molecule has 1 aliphatic rings. The van der Waals surface area contributed by atoms with E-state index in [9.17, 15) is 14.7 Å². The Morgan fingerprint density at radius 3 is 2.47 bits per heavy atom. The molecule has 0 aromatic heterocycles. The van der Waals surface area contributed by atoms with Gasteiger partial charge < -0.3 is 24.4 Å². The van der Waals surface area contributed by atoms with E-state index in [-0.39, 0.29) is 17.4 Å². The van der Waals surface area contributed by atoms with E-state index in [1.165, 1.54) is 4.90 Å². The van der Waals surface area contributed by atoms with Crippen LogP contribution in [0.15, 0.2) is 66.8 Å². The third-order valence-corrected chi connectivity index (χ3v) is 5.37. The predicted molar refractivity (Wildman–Crippen MR) is 132 cm³/mol. The molecule has 0 aliphatic carbocycles. The highest BCUT2D eigenvalue weighted by molar-refractivity contribution is 6.46. The maximum atomic E-state index is 13.1. The number of aliphatic hydroxyl groups excluding tert-OH is 1. The SMILES string of the molecule is C=CCOc1cccc([C@H]2C(=C(O)c3ccc(OC(C)C)cc3)C(=O)C(=O)N2CCN(C)C)c1. The fourth-order valence-electron chi connectivity index (χ4n) is 3.81. The van der Waals surface area contributed by atoms with Gasteiger partial charge in [-0.2, -0.15) is 0 Å². The van der Waals surface area contributed by atoms with E-state index in [1.807, 2.05) is 38.9 Å². The van der Waals surface area contributed by atoms with Crippen LogP contribution in [-0.4, -0.2) is 66.5 Å². The molecule has 0 saturated carbocycles. The molecule has 34 heavy (non-hydrogen) atoms. The Hall–Kier alpha value is -3.58. The number of hydrogen-bond acceptors (Lipinski definition) is 6. The second-order valence-electron chi connectivity index (χ2n) is 8.66. The van der Waals surface area contributed by atoms with Crippen LogP contribution < -0.4 is 9.47 Å². The second kappa shape index (κ2) is 11.0. The number of Topliss-reactive ketones (excluding diaryl/α,β-unsaturated/α-hetero) is 1. The molecule has 1 N–H and O–H groups in total. The molecule has 0 unspecified atom stereocenters. The van der Waals surface area contributed by atoms with Crippen molar-refractivity contribution in [1.82, 2.24) is 9.80 Å². The maximum Gasteiger partial charge on any atom is 0.295 e. The van der Waals surface area contributed by atoms with Crippen molar-refractivity contribution in [2.75, 3.05) is 33.8 Å². The molecule has 180 valence electrons. The number of carbonyl (C=O) groups excluding carboxylic acids is 2. The van der Waals surface area contributed by atoms with Crippen molar-refractivity contribution in [2.45, 2.75) is 26.0 Å². The quantitative estimate of drug-likeness (QED) is 0.248. The monoisotopic (exact) mass is 464 g/mol. The lowest BCUT2D eigenvalue weighted by atomic mass is 9.95. The van der Waals surface area contributed by atoms with Gasteiger partial charge in [-0.25, -0.2) is 0 Å². The molecule has 1 atom stereocenters. The largest absolute Gasteiger partial charge is 0.507 e. The first-order valence-corrected chi connectivity index (χ1v) is 11.3. The number of ether oxygens (including phenoxy) is 2. The van der Waals surface area contributed by atoms with E-state index in [2.05, 4.69) is 6.58 Å². The number of carbonyl (C=O) groups is 2. The number of benzene rings is 2. The lowest BCUT2D eigenvalue weighted by molar-refractivity contribution is -0.140. The molecule has 3 rings (SSSR count). The van der Waals surface area contributed by atoms with E-state index < -0.39 is 17.7 Å². The summed E-state index contributed by atoms with van der Waals surface area (Å²) in [6.07, 6.45) is 1.65. The minimum atomic E-state index is -0.737. The molecule has 2 aromatic carbocycles. The summed E-state index contributed by atoms with van der Waals surface area (Å²) in [5, 5.41) is 11.2. The summed E-state index contributed by atoms with van der Waals surface area (Å²) in [6.45, 7) is 8.74. The zero-order valence-corrected chi connectivity index (χ0v) is 20.2. The van der Waals surface area contributed by atoms with Crippen molar-refractivity contribution in [3.63, 3.8) is 0 Å². The summed E-state index contributed by atoms with van der Waals surface area (Å²) in [4.78, 5) is 29.6. The number of likely N-dealkylation sites (N-methyl/N-ethyl adjacent to an activating group) is 1. The van der Waals surface area contributed by atoms with Crippen LogP contribution in [0.3, 0.4) is 0 Å². The maximum absolute atomic E-state index is 13.1. The molecule has 0 bridgehead atoms. The molecule has 7 nitrogen and oxygen atoms in total. The number of rotatable bonds is 10. The summed E-state index contributed by atoms with van der Waals surface area (Å²) in [6, 6.07) is 13.3. The van der Waals surface area contributed by atoms with E-state index in [1.54, 1.807) is 48.5 Å². The Balaban J connectivity index is 2.08. The molecule has 1 amide bonds. The van der Waals surface area contributed by atoms with Crippen LogP contribution in [0.25, 0.3) is 5.76 Å². The van der Waals surface area contributed by atoms with Crippen molar-refractivity contribution in [3.8, 4) is 11.5 Å². The molecule has 1 aliphatic heterocycles. The molecule has 2 aromatic rings. The Morgan fingerprint density at radius 2 is 1.85 bits per heavy atom. The van der Waals surface area contributed by atoms with Crippen molar-refractivity contribution in [3.05, 3.63) is 77.9 Å². The van der Waals surface area contributed by atoms with Crippen LogP contribution in [-0.2, 0) is 9.59 Å². The summed E-state index contributed by atoms with van der Waals surface area (Å²) >= 11 is 0. The molecule has 1 heterocycles. The molecular formula is C27H32N2O5. The zero-order valence-electron chi connectivity index (χ0n) is 20.2. The molecular weight excluding hydrogens is 432 g/mol. The van der Waals surface area contributed by atoms with Crippen LogP contribution >= 0.6 is 0 Å². The van der Waals surface area contributed by atoms with Gasteiger partial charge in [0, 0.05) is 18.7 Å². The number of hydrogen-bond donors (Lipinski definition) is 1. The fourth-order valence-corrected chi connectivity index (χ4v) is 3.81.